The number of nitrogens with two attached hydrogens (primary N) is 1. The molecular formula is C8H14N4OS. The molecule has 0 aromatic carbocycles. The Kier molecular flexibility index (Phi) is 3.15. The van der Waals surface area contributed by atoms with Gasteiger partial charge < -0.3 is 15.8 Å². The Balaban J connectivity index is 1.76. The number of aromatic nitrogens is 2. The zero-order chi connectivity index (χ0) is 9.80. The molecule has 0 amide bonds. The van der Waals surface area contributed by atoms with E-state index in [2.05, 4.69) is 14.7 Å². The SMILES string of the molecule is Nc1nsc(NCC2CCCCO2)n1. The summed E-state index contributed by atoms with van der Waals surface area (Å²) < 4.78 is 9.45. The third kappa shape index (κ3) is 2.55. The van der Waals surface area contributed by atoms with Crippen molar-refractivity contribution < 1.29 is 4.74 Å². The van der Waals surface area contributed by atoms with E-state index in [1.54, 1.807) is 0 Å². The van der Waals surface area contributed by atoms with Crippen molar-refractivity contribution in [2.75, 3.05) is 24.2 Å². The highest BCUT2D eigenvalue weighted by atomic mass is 32.1. The predicted octanol–water partition coefficient (Wildman–Crippen LogP) is 1.10. The minimum Gasteiger partial charge on any atom is -0.376 e. The van der Waals surface area contributed by atoms with Gasteiger partial charge in [0, 0.05) is 24.7 Å². The first-order valence-electron chi connectivity index (χ1n) is 4.79. The molecular weight excluding hydrogens is 200 g/mol. The van der Waals surface area contributed by atoms with Gasteiger partial charge in [0.05, 0.1) is 6.10 Å². The molecule has 1 atom stereocenters. The Morgan fingerprint density at radius 2 is 2.50 bits per heavy atom. The van der Waals surface area contributed by atoms with Gasteiger partial charge in [0.2, 0.25) is 11.1 Å². The first kappa shape index (κ1) is 9.67. The number of nitrogen functional groups attached to an aromatic ring is 1. The monoisotopic (exact) mass is 214 g/mol. The second kappa shape index (κ2) is 4.56. The van der Waals surface area contributed by atoms with Crippen molar-refractivity contribution in [2.45, 2.75) is 25.4 Å². The van der Waals surface area contributed by atoms with Crippen molar-refractivity contribution in [3.8, 4) is 0 Å². The molecule has 5 nitrogen and oxygen atoms in total. The van der Waals surface area contributed by atoms with E-state index in [0.717, 1.165) is 24.7 Å². The van der Waals surface area contributed by atoms with Gasteiger partial charge in [0.1, 0.15) is 0 Å². The van der Waals surface area contributed by atoms with Crippen LogP contribution in [0.2, 0.25) is 0 Å². The quantitative estimate of drug-likeness (QED) is 0.788. The average Bonchev–Trinajstić information content (AvgIpc) is 2.63. The van der Waals surface area contributed by atoms with Crippen molar-refractivity contribution >= 4 is 22.6 Å². The minimum atomic E-state index is 0.314. The van der Waals surface area contributed by atoms with Crippen molar-refractivity contribution in [1.29, 1.82) is 0 Å². The average molecular weight is 214 g/mol. The number of nitrogens with one attached hydrogen (secondary N) is 1. The summed E-state index contributed by atoms with van der Waals surface area (Å²) in [7, 11) is 0. The van der Waals surface area contributed by atoms with E-state index in [-0.39, 0.29) is 0 Å². The van der Waals surface area contributed by atoms with Crippen LogP contribution in [0.15, 0.2) is 0 Å². The van der Waals surface area contributed by atoms with Crippen LogP contribution in [0.5, 0.6) is 0 Å². The summed E-state index contributed by atoms with van der Waals surface area (Å²) >= 11 is 1.29. The zero-order valence-corrected chi connectivity index (χ0v) is 8.72. The van der Waals surface area contributed by atoms with Crippen molar-refractivity contribution in [3.63, 3.8) is 0 Å². The Labute approximate surface area is 86.8 Å². The Bertz CT molecular complexity index is 285. The standard InChI is InChI=1S/C8H14N4OS/c9-7-11-8(14-12-7)10-5-6-3-1-2-4-13-6/h6H,1-5H2,(H3,9,10,11,12). The summed E-state index contributed by atoms with van der Waals surface area (Å²) in [5, 5.41) is 3.95. The maximum atomic E-state index is 5.57. The lowest BCUT2D eigenvalue weighted by Crippen LogP contribution is -2.26. The second-order valence-electron chi connectivity index (χ2n) is 3.33. The lowest BCUT2D eigenvalue weighted by molar-refractivity contribution is 0.0247. The molecule has 1 aromatic rings. The maximum Gasteiger partial charge on any atom is 0.233 e. The van der Waals surface area contributed by atoms with Crippen molar-refractivity contribution in [3.05, 3.63) is 0 Å². The van der Waals surface area contributed by atoms with E-state index < -0.39 is 0 Å². The van der Waals surface area contributed by atoms with Gasteiger partial charge in [0.15, 0.2) is 0 Å². The first-order valence-corrected chi connectivity index (χ1v) is 5.56. The highest BCUT2D eigenvalue weighted by Crippen LogP contribution is 2.15. The van der Waals surface area contributed by atoms with E-state index in [4.69, 9.17) is 10.5 Å². The number of anilines is 2. The van der Waals surface area contributed by atoms with Crippen LogP contribution in [0.3, 0.4) is 0 Å². The summed E-state index contributed by atoms with van der Waals surface area (Å²) in [6.07, 6.45) is 3.88. The van der Waals surface area contributed by atoms with Crippen LogP contribution < -0.4 is 11.1 Å². The lowest BCUT2D eigenvalue weighted by Gasteiger charge is -2.22. The molecule has 2 heterocycles. The summed E-state index contributed by atoms with van der Waals surface area (Å²) in [5.41, 5.74) is 5.40. The molecule has 6 heteroatoms. The fourth-order valence-corrected chi connectivity index (χ4v) is 1.98. The Hall–Kier alpha value is -0.880. The lowest BCUT2D eigenvalue weighted by atomic mass is 10.1. The molecule has 1 unspecified atom stereocenters. The third-order valence-corrected chi connectivity index (χ3v) is 2.88. The first-order chi connectivity index (χ1) is 6.84. The molecule has 1 aromatic heterocycles. The smallest absolute Gasteiger partial charge is 0.233 e. The normalized spacial score (nSPS) is 22.1. The molecule has 2 rings (SSSR count). The van der Waals surface area contributed by atoms with E-state index in [1.165, 1.54) is 24.4 Å². The molecule has 0 saturated carbocycles. The van der Waals surface area contributed by atoms with Crippen molar-refractivity contribution in [2.24, 2.45) is 0 Å². The largest absolute Gasteiger partial charge is 0.376 e. The molecule has 0 aliphatic carbocycles. The van der Waals surface area contributed by atoms with Gasteiger partial charge in [-0.2, -0.15) is 9.36 Å². The van der Waals surface area contributed by atoms with Crippen LogP contribution in [0.4, 0.5) is 11.1 Å². The molecule has 1 fully saturated rings. The van der Waals surface area contributed by atoms with Gasteiger partial charge in [-0.25, -0.2) is 0 Å². The van der Waals surface area contributed by atoms with Crippen LogP contribution in [0.25, 0.3) is 0 Å². The predicted molar refractivity (Wildman–Crippen MR) is 56.4 cm³/mol. The van der Waals surface area contributed by atoms with Gasteiger partial charge in [-0.3, -0.25) is 0 Å². The number of nitrogens with zero attached hydrogens (tertiary/aromatic N) is 2. The van der Waals surface area contributed by atoms with E-state index in [1.807, 2.05) is 0 Å². The molecule has 3 N–H and O–H groups in total. The van der Waals surface area contributed by atoms with Crippen molar-refractivity contribution in [1.82, 2.24) is 9.36 Å². The summed E-state index contributed by atoms with van der Waals surface area (Å²) in [4.78, 5) is 4.01. The molecule has 0 bridgehead atoms. The Morgan fingerprint density at radius 1 is 1.57 bits per heavy atom. The number of ether oxygens (including phenoxy) is 1. The van der Waals surface area contributed by atoms with Gasteiger partial charge >= 0.3 is 0 Å². The van der Waals surface area contributed by atoms with Gasteiger partial charge in [0.25, 0.3) is 0 Å². The Morgan fingerprint density at radius 3 is 3.14 bits per heavy atom. The summed E-state index contributed by atoms with van der Waals surface area (Å²) in [6.45, 7) is 1.68. The van der Waals surface area contributed by atoms with Crippen LogP contribution in [-0.2, 0) is 4.74 Å². The molecule has 78 valence electrons. The summed E-state index contributed by atoms with van der Waals surface area (Å²) in [5.74, 6) is 0.335. The minimum absolute atomic E-state index is 0.314. The zero-order valence-electron chi connectivity index (χ0n) is 7.90. The van der Waals surface area contributed by atoms with Gasteiger partial charge in [-0.05, 0) is 19.3 Å². The molecule has 14 heavy (non-hydrogen) atoms. The molecule has 0 radical (unpaired) electrons. The van der Waals surface area contributed by atoms with E-state index in [9.17, 15) is 0 Å². The van der Waals surface area contributed by atoms with Crippen LogP contribution >= 0.6 is 11.5 Å². The van der Waals surface area contributed by atoms with E-state index >= 15 is 0 Å². The highest BCUT2D eigenvalue weighted by molar-refractivity contribution is 7.09. The topological polar surface area (TPSA) is 73.1 Å². The fourth-order valence-electron chi connectivity index (χ4n) is 1.48. The highest BCUT2D eigenvalue weighted by Gasteiger charge is 2.13. The van der Waals surface area contributed by atoms with Crippen LogP contribution in [0, 0.1) is 0 Å². The molecule has 1 aliphatic rings. The number of rotatable bonds is 3. The molecule has 1 aliphatic heterocycles. The van der Waals surface area contributed by atoms with Crippen LogP contribution in [0.1, 0.15) is 19.3 Å². The van der Waals surface area contributed by atoms with Gasteiger partial charge in [-0.15, -0.1) is 0 Å². The van der Waals surface area contributed by atoms with Gasteiger partial charge in [-0.1, -0.05) is 0 Å². The molecule has 1 saturated heterocycles. The number of hydrogen-bond donors (Lipinski definition) is 2. The third-order valence-electron chi connectivity index (χ3n) is 2.20. The van der Waals surface area contributed by atoms with E-state index in [0.29, 0.717) is 12.1 Å². The second-order valence-corrected chi connectivity index (χ2v) is 4.08. The summed E-state index contributed by atoms with van der Waals surface area (Å²) in [6, 6.07) is 0. The molecule has 0 spiro atoms. The fraction of sp³-hybridized carbons (Fsp3) is 0.750. The van der Waals surface area contributed by atoms with Crippen LogP contribution in [-0.4, -0.2) is 28.6 Å². The maximum absolute atomic E-state index is 5.57. The number of hydrogen-bond acceptors (Lipinski definition) is 6.